The van der Waals surface area contributed by atoms with Crippen LogP contribution >= 0.6 is 23.4 Å². The van der Waals surface area contributed by atoms with Crippen LogP contribution in [0.15, 0.2) is 53.4 Å². The molecule has 0 saturated carbocycles. The minimum atomic E-state index is 0.141. The number of halogens is 1. The second-order valence-electron chi connectivity index (χ2n) is 4.25. The molecular weight excluding hydrogens is 274 g/mol. The van der Waals surface area contributed by atoms with Crippen LogP contribution in [0.5, 0.6) is 0 Å². The fourth-order valence-electron chi connectivity index (χ4n) is 2.21. The number of thioether (sulfide) groups is 1. The van der Waals surface area contributed by atoms with E-state index in [-0.39, 0.29) is 6.04 Å². The van der Waals surface area contributed by atoms with E-state index in [0.717, 1.165) is 17.1 Å². The molecule has 0 saturated heterocycles. The van der Waals surface area contributed by atoms with Gasteiger partial charge in [0.1, 0.15) is 0 Å². The third-order valence-corrected chi connectivity index (χ3v) is 4.23. The number of benzene rings is 2. The van der Waals surface area contributed by atoms with Gasteiger partial charge in [-0.2, -0.15) is 0 Å². The van der Waals surface area contributed by atoms with Crippen molar-refractivity contribution in [2.24, 2.45) is 0 Å². The standard InChI is InChI=1S/C16H18ClNS/c1-3-18-16(12-8-4-6-10-14(12)17)13-9-5-7-11-15(13)19-2/h4-11,16,18H,3H2,1-2H3. The molecule has 1 atom stereocenters. The summed E-state index contributed by atoms with van der Waals surface area (Å²) in [6.45, 7) is 3.02. The van der Waals surface area contributed by atoms with Crippen molar-refractivity contribution >= 4 is 23.4 Å². The fourth-order valence-corrected chi connectivity index (χ4v) is 3.09. The van der Waals surface area contributed by atoms with E-state index in [4.69, 9.17) is 11.6 Å². The first-order valence-electron chi connectivity index (χ1n) is 6.38. The van der Waals surface area contributed by atoms with Gasteiger partial charge in [0, 0.05) is 9.92 Å². The monoisotopic (exact) mass is 291 g/mol. The van der Waals surface area contributed by atoms with Crippen LogP contribution in [0, 0.1) is 0 Å². The maximum absolute atomic E-state index is 6.35. The molecule has 1 N–H and O–H groups in total. The van der Waals surface area contributed by atoms with Gasteiger partial charge in [-0.1, -0.05) is 54.9 Å². The Balaban J connectivity index is 2.49. The van der Waals surface area contributed by atoms with Crippen LogP contribution in [0.2, 0.25) is 5.02 Å². The second-order valence-corrected chi connectivity index (χ2v) is 5.51. The third-order valence-electron chi connectivity index (χ3n) is 3.07. The van der Waals surface area contributed by atoms with Crippen LogP contribution < -0.4 is 5.32 Å². The molecule has 2 aromatic rings. The third kappa shape index (κ3) is 3.33. The van der Waals surface area contributed by atoms with E-state index in [1.54, 1.807) is 11.8 Å². The number of rotatable bonds is 5. The molecule has 0 amide bonds. The molecule has 19 heavy (non-hydrogen) atoms. The number of hydrogen-bond donors (Lipinski definition) is 1. The van der Waals surface area contributed by atoms with Crippen LogP contribution in [0.3, 0.4) is 0 Å². The summed E-state index contributed by atoms with van der Waals surface area (Å²) < 4.78 is 0. The van der Waals surface area contributed by atoms with E-state index >= 15 is 0 Å². The van der Waals surface area contributed by atoms with Gasteiger partial charge in [-0.25, -0.2) is 0 Å². The normalized spacial score (nSPS) is 12.4. The highest BCUT2D eigenvalue weighted by molar-refractivity contribution is 7.98. The van der Waals surface area contributed by atoms with E-state index in [1.807, 2.05) is 18.2 Å². The molecule has 0 aliphatic heterocycles. The van der Waals surface area contributed by atoms with Gasteiger partial charge in [0.25, 0.3) is 0 Å². The molecule has 1 nitrogen and oxygen atoms in total. The first-order valence-corrected chi connectivity index (χ1v) is 7.99. The molecule has 0 spiro atoms. The predicted octanol–water partition coefficient (Wildman–Crippen LogP) is 4.76. The summed E-state index contributed by atoms with van der Waals surface area (Å²) in [5, 5.41) is 4.34. The smallest absolute Gasteiger partial charge is 0.0602 e. The summed E-state index contributed by atoms with van der Waals surface area (Å²) in [6, 6.07) is 16.7. The van der Waals surface area contributed by atoms with E-state index in [9.17, 15) is 0 Å². The predicted molar refractivity (Wildman–Crippen MR) is 85.2 cm³/mol. The molecule has 0 bridgehead atoms. The highest BCUT2D eigenvalue weighted by Crippen LogP contribution is 2.33. The van der Waals surface area contributed by atoms with Crippen LogP contribution in [0.25, 0.3) is 0 Å². The lowest BCUT2D eigenvalue weighted by molar-refractivity contribution is 0.622. The Bertz CT molecular complexity index is 542. The van der Waals surface area contributed by atoms with Crippen molar-refractivity contribution < 1.29 is 0 Å². The Hall–Kier alpha value is -0.960. The van der Waals surface area contributed by atoms with E-state index < -0.39 is 0 Å². The van der Waals surface area contributed by atoms with Gasteiger partial charge in [-0.3, -0.25) is 0 Å². The van der Waals surface area contributed by atoms with Crippen molar-refractivity contribution in [3.8, 4) is 0 Å². The van der Waals surface area contributed by atoms with Crippen molar-refractivity contribution in [1.82, 2.24) is 5.32 Å². The molecule has 0 fully saturated rings. The zero-order valence-electron chi connectivity index (χ0n) is 11.2. The van der Waals surface area contributed by atoms with Gasteiger partial charge in [0.15, 0.2) is 0 Å². The SMILES string of the molecule is CCNC(c1ccccc1Cl)c1ccccc1SC. The van der Waals surface area contributed by atoms with E-state index in [2.05, 4.69) is 48.8 Å². The molecule has 3 heteroatoms. The Kier molecular flexibility index (Phi) is 5.32. The minimum Gasteiger partial charge on any atom is -0.306 e. The number of hydrogen-bond acceptors (Lipinski definition) is 2. The quantitative estimate of drug-likeness (QED) is 0.797. The van der Waals surface area contributed by atoms with Crippen LogP contribution in [-0.2, 0) is 0 Å². The maximum Gasteiger partial charge on any atom is 0.0602 e. The molecule has 2 aromatic carbocycles. The van der Waals surface area contributed by atoms with Gasteiger partial charge >= 0.3 is 0 Å². The van der Waals surface area contributed by atoms with E-state index in [1.165, 1.54) is 10.5 Å². The highest BCUT2D eigenvalue weighted by Gasteiger charge is 2.18. The van der Waals surface area contributed by atoms with Gasteiger partial charge < -0.3 is 5.32 Å². The first kappa shape index (κ1) is 14.4. The lowest BCUT2D eigenvalue weighted by Gasteiger charge is -2.22. The average molecular weight is 292 g/mol. The Morgan fingerprint density at radius 3 is 2.32 bits per heavy atom. The van der Waals surface area contributed by atoms with Crippen LogP contribution in [-0.4, -0.2) is 12.8 Å². The zero-order chi connectivity index (χ0) is 13.7. The average Bonchev–Trinajstić information content (AvgIpc) is 2.46. The molecule has 100 valence electrons. The molecule has 0 aromatic heterocycles. The summed E-state index contributed by atoms with van der Waals surface area (Å²) in [6.07, 6.45) is 2.11. The van der Waals surface area contributed by atoms with Crippen molar-refractivity contribution in [1.29, 1.82) is 0 Å². The minimum absolute atomic E-state index is 0.141. The van der Waals surface area contributed by atoms with Crippen LogP contribution in [0.1, 0.15) is 24.1 Å². The lowest BCUT2D eigenvalue weighted by Crippen LogP contribution is -2.22. The zero-order valence-corrected chi connectivity index (χ0v) is 12.8. The molecule has 0 aliphatic carbocycles. The largest absolute Gasteiger partial charge is 0.306 e. The Morgan fingerprint density at radius 1 is 1.05 bits per heavy atom. The van der Waals surface area contributed by atoms with Gasteiger partial charge in [-0.05, 0) is 36.1 Å². The molecule has 0 radical (unpaired) electrons. The van der Waals surface area contributed by atoms with Crippen LogP contribution in [0.4, 0.5) is 0 Å². The molecule has 0 heterocycles. The van der Waals surface area contributed by atoms with Crippen molar-refractivity contribution in [3.63, 3.8) is 0 Å². The molecule has 2 rings (SSSR count). The summed E-state index contributed by atoms with van der Waals surface area (Å²) in [5.74, 6) is 0. The summed E-state index contributed by atoms with van der Waals surface area (Å²) in [4.78, 5) is 1.29. The van der Waals surface area contributed by atoms with Gasteiger partial charge in [0.05, 0.1) is 6.04 Å². The molecular formula is C16H18ClNS. The van der Waals surface area contributed by atoms with Crippen molar-refractivity contribution in [3.05, 3.63) is 64.7 Å². The summed E-state index contributed by atoms with van der Waals surface area (Å²) in [5.41, 5.74) is 2.41. The Labute approximate surface area is 124 Å². The summed E-state index contributed by atoms with van der Waals surface area (Å²) >= 11 is 8.12. The van der Waals surface area contributed by atoms with Gasteiger partial charge in [-0.15, -0.1) is 11.8 Å². The molecule has 0 aliphatic rings. The Morgan fingerprint density at radius 2 is 1.68 bits per heavy atom. The van der Waals surface area contributed by atoms with E-state index in [0.29, 0.717) is 0 Å². The summed E-state index contributed by atoms with van der Waals surface area (Å²) in [7, 11) is 0. The maximum atomic E-state index is 6.35. The number of nitrogens with one attached hydrogen (secondary N) is 1. The molecule has 1 unspecified atom stereocenters. The topological polar surface area (TPSA) is 12.0 Å². The van der Waals surface area contributed by atoms with Gasteiger partial charge in [0.2, 0.25) is 0 Å². The van der Waals surface area contributed by atoms with Crippen molar-refractivity contribution in [2.45, 2.75) is 17.9 Å². The highest BCUT2D eigenvalue weighted by atomic mass is 35.5. The lowest BCUT2D eigenvalue weighted by atomic mass is 9.98. The fraction of sp³-hybridized carbons (Fsp3) is 0.250. The second kappa shape index (κ2) is 6.99. The first-order chi connectivity index (χ1) is 9.27. The van der Waals surface area contributed by atoms with Crippen molar-refractivity contribution in [2.75, 3.05) is 12.8 Å².